The molecule has 1 aromatic heterocycles. The molecule has 1 heterocycles. The van der Waals surface area contributed by atoms with E-state index in [1.165, 1.54) is 0 Å². The van der Waals surface area contributed by atoms with Crippen molar-refractivity contribution in [3.8, 4) is 0 Å². The first kappa shape index (κ1) is 13.7. The first-order valence-electron chi connectivity index (χ1n) is 6.09. The summed E-state index contributed by atoms with van der Waals surface area (Å²) >= 11 is 0. The maximum Gasteiger partial charge on any atom is 0.338 e. The summed E-state index contributed by atoms with van der Waals surface area (Å²) in [6.07, 6.45) is 3.39. The van der Waals surface area contributed by atoms with Gasteiger partial charge in [0, 0.05) is 12.4 Å². The lowest BCUT2D eigenvalue weighted by atomic mass is 10.1. The van der Waals surface area contributed by atoms with Crippen molar-refractivity contribution >= 4 is 17.6 Å². The Labute approximate surface area is 116 Å². The summed E-state index contributed by atoms with van der Waals surface area (Å²) in [4.78, 5) is 27.1. The lowest BCUT2D eigenvalue weighted by Gasteiger charge is -2.10. The topological polar surface area (TPSA) is 79.3 Å². The number of nitrogens with one attached hydrogen (secondary N) is 1. The van der Waals surface area contributed by atoms with Gasteiger partial charge in [0.15, 0.2) is 0 Å². The quantitative estimate of drug-likeness (QED) is 0.893. The van der Waals surface area contributed by atoms with Gasteiger partial charge in [0.05, 0.1) is 17.7 Å². The van der Waals surface area contributed by atoms with E-state index >= 15 is 0 Å². The smallest absolute Gasteiger partial charge is 0.338 e. The largest absolute Gasteiger partial charge is 0.478 e. The Morgan fingerprint density at radius 1 is 1.25 bits per heavy atom. The fraction of sp³-hybridized carbons (Fsp3) is 0.133. The van der Waals surface area contributed by atoms with Crippen LogP contribution < -0.4 is 5.32 Å². The van der Waals surface area contributed by atoms with Gasteiger partial charge in [-0.05, 0) is 30.2 Å². The molecule has 0 saturated carbocycles. The van der Waals surface area contributed by atoms with E-state index in [0.717, 1.165) is 5.56 Å². The Balaban J connectivity index is 2.16. The molecule has 1 aromatic carbocycles. The van der Waals surface area contributed by atoms with Gasteiger partial charge in [-0.25, -0.2) is 4.79 Å². The number of carbonyl (C=O) groups excluding carboxylic acids is 1. The Morgan fingerprint density at radius 3 is 2.70 bits per heavy atom. The van der Waals surface area contributed by atoms with Crippen LogP contribution in [-0.2, 0) is 11.2 Å². The molecule has 0 atom stereocenters. The number of carboxylic acids is 1. The number of pyridine rings is 1. The maximum absolute atomic E-state index is 11.9. The van der Waals surface area contributed by atoms with Gasteiger partial charge in [0.2, 0.25) is 5.91 Å². The van der Waals surface area contributed by atoms with Gasteiger partial charge in [0.25, 0.3) is 0 Å². The highest BCUT2D eigenvalue weighted by atomic mass is 16.4. The zero-order chi connectivity index (χ0) is 14.5. The number of amides is 1. The zero-order valence-corrected chi connectivity index (χ0v) is 11.0. The van der Waals surface area contributed by atoms with Crippen molar-refractivity contribution in [1.29, 1.82) is 0 Å². The molecule has 0 saturated heterocycles. The van der Waals surface area contributed by atoms with E-state index in [9.17, 15) is 14.7 Å². The molecule has 102 valence electrons. The molecule has 2 aromatic rings. The fourth-order valence-electron chi connectivity index (χ4n) is 1.94. The van der Waals surface area contributed by atoms with Crippen molar-refractivity contribution in [2.75, 3.05) is 5.32 Å². The van der Waals surface area contributed by atoms with Gasteiger partial charge < -0.3 is 10.4 Å². The molecular formula is C15H14N2O3. The second-order valence-corrected chi connectivity index (χ2v) is 4.39. The molecule has 0 aliphatic carbocycles. The van der Waals surface area contributed by atoms with Gasteiger partial charge >= 0.3 is 5.97 Å². The molecule has 0 bridgehead atoms. The van der Waals surface area contributed by atoms with E-state index in [-0.39, 0.29) is 17.9 Å². The Hall–Kier alpha value is -2.69. The molecule has 1 amide bonds. The van der Waals surface area contributed by atoms with Crippen molar-refractivity contribution in [3.63, 3.8) is 0 Å². The van der Waals surface area contributed by atoms with Crippen LogP contribution in [-0.4, -0.2) is 22.0 Å². The Bertz CT molecular complexity index is 639. The molecule has 2 N–H and O–H groups in total. The van der Waals surface area contributed by atoms with Crippen LogP contribution in [0.3, 0.4) is 0 Å². The number of aromatic nitrogens is 1. The normalized spacial score (nSPS) is 10.1. The third kappa shape index (κ3) is 3.20. The molecule has 0 radical (unpaired) electrons. The van der Waals surface area contributed by atoms with Crippen molar-refractivity contribution in [2.45, 2.75) is 13.3 Å². The van der Waals surface area contributed by atoms with Crippen LogP contribution in [0, 0.1) is 6.92 Å². The fourth-order valence-corrected chi connectivity index (χ4v) is 1.94. The molecule has 0 unspecified atom stereocenters. The van der Waals surface area contributed by atoms with Crippen molar-refractivity contribution in [3.05, 3.63) is 59.4 Å². The van der Waals surface area contributed by atoms with Crippen LogP contribution in [0.15, 0.2) is 42.7 Å². The predicted molar refractivity (Wildman–Crippen MR) is 74.7 cm³/mol. The first-order valence-corrected chi connectivity index (χ1v) is 6.09. The summed E-state index contributed by atoms with van der Waals surface area (Å²) in [7, 11) is 0. The number of anilines is 1. The molecule has 0 aliphatic heterocycles. The number of hydrogen-bond acceptors (Lipinski definition) is 3. The number of carboxylic acid groups (broad SMARTS) is 1. The summed E-state index contributed by atoms with van der Waals surface area (Å²) in [5.41, 5.74) is 1.81. The van der Waals surface area contributed by atoms with E-state index in [1.807, 2.05) is 0 Å². The van der Waals surface area contributed by atoms with Gasteiger partial charge in [-0.3, -0.25) is 9.78 Å². The number of benzene rings is 1. The standard InChI is InChI=1S/C15H14N2O3/c1-10-4-2-6-12(14(10)15(19)20)17-13(18)8-11-5-3-7-16-9-11/h2-7,9H,8H2,1H3,(H,17,18)(H,19,20). The Morgan fingerprint density at radius 2 is 2.05 bits per heavy atom. The first-order chi connectivity index (χ1) is 9.58. The summed E-state index contributed by atoms with van der Waals surface area (Å²) < 4.78 is 0. The summed E-state index contributed by atoms with van der Waals surface area (Å²) in [5.74, 6) is -1.33. The van der Waals surface area contributed by atoms with E-state index < -0.39 is 5.97 Å². The van der Waals surface area contributed by atoms with Gasteiger partial charge in [-0.2, -0.15) is 0 Å². The third-order valence-corrected chi connectivity index (χ3v) is 2.85. The maximum atomic E-state index is 11.9. The number of rotatable bonds is 4. The molecule has 0 fully saturated rings. The molecule has 0 spiro atoms. The van der Waals surface area contributed by atoms with Crippen molar-refractivity contribution in [1.82, 2.24) is 4.98 Å². The van der Waals surface area contributed by atoms with Gasteiger partial charge in [0.1, 0.15) is 0 Å². The van der Waals surface area contributed by atoms with Crippen LogP contribution in [0.2, 0.25) is 0 Å². The molecule has 2 rings (SSSR count). The van der Waals surface area contributed by atoms with Crippen molar-refractivity contribution in [2.24, 2.45) is 0 Å². The second-order valence-electron chi connectivity index (χ2n) is 4.39. The summed E-state index contributed by atoms with van der Waals surface area (Å²) in [6.45, 7) is 1.69. The van der Waals surface area contributed by atoms with E-state index in [2.05, 4.69) is 10.3 Å². The number of nitrogens with zero attached hydrogens (tertiary/aromatic N) is 1. The van der Waals surface area contributed by atoms with Crippen LogP contribution in [0.25, 0.3) is 0 Å². The van der Waals surface area contributed by atoms with E-state index in [0.29, 0.717) is 11.3 Å². The highest BCUT2D eigenvalue weighted by molar-refractivity contribution is 6.02. The van der Waals surface area contributed by atoms with Crippen LogP contribution >= 0.6 is 0 Å². The summed E-state index contributed by atoms with van der Waals surface area (Å²) in [5, 5.41) is 11.8. The molecule has 5 heteroatoms. The minimum absolute atomic E-state index is 0.118. The lowest BCUT2D eigenvalue weighted by Crippen LogP contribution is -2.17. The van der Waals surface area contributed by atoms with E-state index in [4.69, 9.17) is 0 Å². The minimum atomic E-state index is -1.06. The third-order valence-electron chi connectivity index (χ3n) is 2.85. The van der Waals surface area contributed by atoms with Crippen LogP contribution in [0.4, 0.5) is 5.69 Å². The SMILES string of the molecule is Cc1cccc(NC(=O)Cc2cccnc2)c1C(=O)O. The molecular weight excluding hydrogens is 256 g/mol. The van der Waals surface area contributed by atoms with Gasteiger partial charge in [-0.15, -0.1) is 0 Å². The van der Waals surface area contributed by atoms with Gasteiger partial charge in [-0.1, -0.05) is 18.2 Å². The monoisotopic (exact) mass is 270 g/mol. The number of aryl methyl sites for hydroxylation is 1. The summed E-state index contributed by atoms with van der Waals surface area (Å²) in [6, 6.07) is 8.53. The number of hydrogen-bond donors (Lipinski definition) is 2. The number of carbonyl (C=O) groups is 2. The minimum Gasteiger partial charge on any atom is -0.478 e. The molecule has 0 aliphatic rings. The second kappa shape index (κ2) is 5.97. The molecule has 20 heavy (non-hydrogen) atoms. The lowest BCUT2D eigenvalue weighted by molar-refractivity contribution is -0.115. The predicted octanol–water partition coefficient (Wildman–Crippen LogP) is 2.27. The average Bonchev–Trinajstić information content (AvgIpc) is 2.39. The van der Waals surface area contributed by atoms with Crippen molar-refractivity contribution < 1.29 is 14.7 Å². The van der Waals surface area contributed by atoms with Crippen LogP contribution in [0.5, 0.6) is 0 Å². The Kier molecular flexibility index (Phi) is 4.10. The highest BCUT2D eigenvalue weighted by Crippen LogP contribution is 2.19. The highest BCUT2D eigenvalue weighted by Gasteiger charge is 2.14. The van der Waals surface area contributed by atoms with E-state index in [1.54, 1.807) is 49.6 Å². The number of aromatic carboxylic acids is 1. The molecule has 5 nitrogen and oxygen atoms in total. The average molecular weight is 270 g/mol. The van der Waals surface area contributed by atoms with Crippen LogP contribution in [0.1, 0.15) is 21.5 Å². The zero-order valence-electron chi connectivity index (χ0n) is 11.0.